The quantitative estimate of drug-likeness (QED) is 0.632. The molecule has 0 atom stereocenters. The monoisotopic (exact) mass is 216 g/mol. The summed E-state index contributed by atoms with van der Waals surface area (Å²) in [7, 11) is 0. The smallest absolute Gasteiger partial charge is 0.221 e. The second-order valence-corrected chi connectivity index (χ2v) is 4.99. The van der Waals surface area contributed by atoms with Crippen LogP contribution in [-0.2, 0) is 4.79 Å². The molecule has 82 valence electrons. The molecule has 14 heavy (non-hydrogen) atoms. The van der Waals surface area contributed by atoms with E-state index in [-0.39, 0.29) is 5.24 Å². The van der Waals surface area contributed by atoms with Crippen LogP contribution in [0.1, 0.15) is 58.3 Å². The summed E-state index contributed by atoms with van der Waals surface area (Å²) in [6, 6.07) is 0. The van der Waals surface area contributed by atoms with E-state index >= 15 is 0 Å². The van der Waals surface area contributed by atoms with Crippen LogP contribution in [-0.4, -0.2) is 5.24 Å². The predicted octanol–water partition coefficient (Wildman–Crippen LogP) is 4.14. The molecule has 1 nitrogen and oxygen atoms in total. The molecule has 0 aliphatic heterocycles. The van der Waals surface area contributed by atoms with E-state index in [0.717, 1.165) is 18.3 Å². The lowest BCUT2D eigenvalue weighted by Gasteiger charge is -2.27. The average Bonchev–Trinajstić information content (AvgIpc) is 2.17. The van der Waals surface area contributed by atoms with Crippen molar-refractivity contribution in [2.24, 2.45) is 11.8 Å². The third-order valence-corrected chi connectivity index (χ3v) is 3.60. The molecule has 0 saturated heterocycles. The van der Waals surface area contributed by atoms with E-state index in [1.165, 1.54) is 38.5 Å². The zero-order valence-corrected chi connectivity index (χ0v) is 9.85. The molecule has 0 heterocycles. The van der Waals surface area contributed by atoms with Crippen LogP contribution in [0.3, 0.4) is 0 Å². The van der Waals surface area contributed by atoms with Gasteiger partial charge in [0.05, 0.1) is 0 Å². The Morgan fingerprint density at radius 2 is 1.64 bits per heavy atom. The Kier molecular flexibility index (Phi) is 5.54. The van der Waals surface area contributed by atoms with Crippen molar-refractivity contribution in [1.29, 1.82) is 0 Å². The number of carbonyl (C=O) groups excluding carboxylic acids is 1. The second kappa shape index (κ2) is 6.44. The van der Waals surface area contributed by atoms with Crippen LogP contribution in [0, 0.1) is 11.8 Å². The van der Waals surface area contributed by atoms with Crippen molar-refractivity contribution in [3.05, 3.63) is 0 Å². The molecule has 0 amide bonds. The summed E-state index contributed by atoms with van der Waals surface area (Å²) < 4.78 is 0. The summed E-state index contributed by atoms with van der Waals surface area (Å²) in [5.41, 5.74) is 0. The van der Waals surface area contributed by atoms with Gasteiger partial charge in [0.25, 0.3) is 0 Å². The molecule has 0 N–H and O–H groups in total. The lowest BCUT2D eigenvalue weighted by atomic mass is 9.78. The highest BCUT2D eigenvalue weighted by atomic mass is 35.5. The Balaban J connectivity index is 2.12. The number of halogens is 1. The van der Waals surface area contributed by atoms with Gasteiger partial charge in [-0.2, -0.15) is 0 Å². The molecule has 0 aromatic rings. The molecule has 1 rings (SSSR count). The van der Waals surface area contributed by atoms with Gasteiger partial charge in [-0.05, 0) is 29.9 Å². The summed E-state index contributed by atoms with van der Waals surface area (Å²) in [6.45, 7) is 2.26. The molecule has 0 aromatic carbocycles. The standard InChI is InChI=1S/C12H21ClO/c1-2-3-10-4-6-11(7-5-10)8-9-12(13)14/h10-11H,2-9H2,1H3/t10-,11-. The van der Waals surface area contributed by atoms with Gasteiger partial charge in [0.15, 0.2) is 0 Å². The average molecular weight is 217 g/mol. The normalized spacial score (nSPS) is 27.6. The summed E-state index contributed by atoms with van der Waals surface area (Å²) in [5, 5.41) is -0.166. The van der Waals surface area contributed by atoms with Gasteiger partial charge in [-0.3, -0.25) is 4.79 Å². The van der Waals surface area contributed by atoms with Gasteiger partial charge in [0, 0.05) is 6.42 Å². The first-order valence-electron chi connectivity index (χ1n) is 5.90. The maximum Gasteiger partial charge on any atom is 0.221 e. The van der Waals surface area contributed by atoms with Crippen molar-refractivity contribution in [3.8, 4) is 0 Å². The highest BCUT2D eigenvalue weighted by Crippen LogP contribution is 2.33. The lowest BCUT2D eigenvalue weighted by molar-refractivity contribution is -0.112. The fourth-order valence-corrected chi connectivity index (χ4v) is 2.64. The predicted molar refractivity (Wildman–Crippen MR) is 60.5 cm³/mol. The van der Waals surface area contributed by atoms with Crippen molar-refractivity contribution in [3.63, 3.8) is 0 Å². The summed E-state index contributed by atoms with van der Waals surface area (Å²) in [6.07, 6.45) is 9.66. The van der Waals surface area contributed by atoms with Crippen molar-refractivity contribution in [2.75, 3.05) is 0 Å². The van der Waals surface area contributed by atoms with Crippen LogP contribution in [0.15, 0.2) is 0 Å². The van der Waals surface area contributed by atoms with Crippen LogP contribution in [0.4, 0.5) is 0 Å². The van der Waals surface area contributed by atoms with E-state index in [1.807, 2.05) is 0 Å². The van der Waals surface area contributed by atoms with E-state index in [1.54, 1.807) is 0 Å². The van der Waals surface area contributed by atoms with E-state index in [2.05, 4.69) is 6.92 Å². The van der Waals surface area contributed by atoms with Crippen LogP contribution in [0.5, 0.6) is 0 Å². The van der Waals surface area contributed by atoms with E-state index < -0.39 is 0 Å². The first-order chi connectivity index (χ1) is 6.72. The zero-order valence-electron chi connectivity index (χ0n) is 9.10. The third kappa shape index (κ3) is 4.45. The van der Waals surface area contributed by atoms with Crippen molar-refractivity contribution >= 4 is 16.8 Å². The van der Waals surface area contributed by atoms with Gasteiger partial charge >= 0.3 is 0 Å². The molecule has 0 spiro atoms. The minimum Gasteiger partial charge on any atom is -0.281 e. The molecule has 0 aromatic heterocycles. The van der Waals surface area contributed by atoms with Crippen molar-refractivity contribution in [1.82, 2.24) is 0 Å². The van der Waals surface area contributed by atoms with Crippen LogP contribution >= 0.6 is 11.6 Å². The van der Waals surface area contributed by atoms with Gasteiger partial charge in [-0.1, -0.05) is 45.4 Å². The molecule has 1 saturated carbocycles. The molecule has 2 heteroatoms. The largest absolute Gasteiger partial charge is 0.281 e. The number of carbonyl (C=O) groups is 1. The minimum absolute atomic E-state index is 0.166. The maximum atomic E-state index is 10.6. The topological polar surface area (TPSA) is 17.1 Å². The van der Waals surface area contributed by atoms with Gasteiger partial charge in [0.2, 0.25) is 5.24 Å². The lowest BCUT2D eigenvalue weighted by Crippen LogP contribution is -2.14. The molecule has 0 unspecified atom stereocenters. The summed E-state index contributed by atoms with van der Waals surface area (Å²) in [4.78, 5) is 10.6. The third-order valence-electron chi connectivity index (χ3n) is 3.41. The Bertz CT molecular complexity index is 171. The Morgan fingerprint density at radius 3 is 2.07 bits per heavy atom. The highest BCUT2D eigenvalue weighted by Gasteiger charge is 2.20. The number of rotatable bonds is 5. The van der Waals surface area contributed by atoms with Crippen molar-refractivity contribution < 1.29 is 4.79 Å². The highest BCUT2D eigenvalue weighted by molar-refractivity contribution is 6.63. The van der Waals surface area contributed by atoms with E-state index in [9.17, 15) is 4.79 Å². The Morgan fingerprint density at radius 1 is 1.14 bits per heavy atom. The number of hydrogen-bond donors (Lipinski definition) is 0. The Hall–Kier alpha value is -0.0400. The van der Waals surface area contributed by atoms with E-state index in [0.29, 0.717) is 6.42 Å². The van der Waals surface area contributed by atoms with Gasteiger partial charge in [0.1, 0.15) is 0 Å². The molecular formula is C12H21ClO. The molecule has 0 bridgehead atoms. The fraction of sp³-hybridized carbons (Fsp3) is 0.917. The van der Waals surface area contributed by atoms with Crippen molar-refractivity contribution in [2.45, 2.75) is 58.3 Å². The number of hydrogen-bond acceptors (Lipinski definition) is 1. The molecule has 1 fully saturated rings. The summed E-state index contributed by atoms with van der Waals surface area (Å²) >= 11 is 5.34. The van der Waals surface area contributed by atoms with Gasteiger partial charge in [-0.15, -0.1) is 0 Å². The molecule has 0 radical (unpaired) electrons. The summed E-state index contributed by atoms with van der Waals surface area (Å²) in [5.74, 6) is 1.73. The second-order valence-electron chi connectivity index (χ2n) is 4.57. The van der Waals surface area contributed by atoms with Gasteiger partial charge in [-0.25, -0.2) is 0 Å². The van der Waals surface area contributed by atoms with E-state index in [4.69, 9.17) is 11.6 Å². The first kappa shape index (κ1) is 12.0. The molecule has 1 aliphatic rings. The minimum atomic E-state index is -0.166. The fourth-order valence-electron chi connectivity index (χ4n) is 2.53. The van der Waals surface area contributed by atoms with Gasteiger partial charge < -0.3 is 0 Å². The maximum absolute atomic E-state index is 10.6. The van der Waals surface area contributed by atoms with Crippen LogP contribution in [0.2, 0.25) is 0 Å². The molecule has 1 aliphatic carbocycles. The molecular weight excluding hydrogens is 196 g/mol. The zero-order chi connectivity index (χ0) is 10.4. The SMILES string of the molecule is CCC[C@H]1CC[C@H](CCC(=O)Cl)CC1. The Labute approximate surface area is 92.2 Å². The first-order valence-corrected chi connectivity index (χ1v) is 6.28. The van der Waals surface area contributed by atoms with Crippen LogP contribution in [0.25, 0.3) is 0 Å². The van der Waals surface area contributed by atoms with Crippen LogP contribution < -0.4 is 0 Å².